The van der Waals surface area contributed by atoms with Gasteiger partial charge >= 0.3 is 6.03 Å². The molecule has 1 aliphatic heterocycles. The molecule has 1 fully saturated rings. The molecule has 2 heterocycles. The molecule has 23 heavy (non-hydrogen) atoms. The van der Waals surface area contributed by atoms with E-state index in [1.54, 1.807) is 11.1 Å². The van der Waals surface area contributed by atoms with E-state index in [0.717, 1.165) is 36.3 Å². The number of anilines is 1. The van der Waals surface area contributed by atoms with Gasteiger partial charge in [-0.3, -0.25) is 5.10 Å². The van der Waals surface area contributed by atoms with E-state index >= 15 is 0 Å². The number of amides is 2. The zero-order chi connectivity index (χ0) is 16.1. The quantitative estimate of drug-likeness (QED) is 0.891. The topological polar surface area (TPSA) is 70.2 Å². The molecule has 0 spiro atoms. The zero-order valence-corrected chi connectivity index (χ0v) is 13.3. The molecule has 0 saturated carbocycles. The summed E-state index contributed by atoms with van der Waals surface area (Å²) in [4.78, 5) is 14.2. The van der Waals surface area contributed by atoms with Gasteiger partial charge in [-0.15, -0.1) is 0 Å². The first-order valence-electron chi connectivity index (χ1n) is 8.03. The summed E-state index contributed by atoms with van der Waals surface area (Å²) in [6, 6.07) is 7.66. The molecule has 3 rings (SSSR count). The highest BCUT2D eigenvalue weighted by Gasteiger charge is 2.21. The Hall–Kier alpha value is -2.34. The Labute approximate surface area is 135 Å². The molecule has 2 N–H and O–H groups in total. The highest BCUT2D eigenvalue weighted by atomic mass is 16.5. The average molecular weight is 314 g/mol. The molecule has 122 valence electrons. The highest BCUT2D eigenvalue weighted by Crippen LogP contribution is 2.20. The number of urea groups is 1. The highest BCUT2D eigenvalue weighted by molar-refractivity contribution is 5.89. The molecule has 6 nitrogen and oxygen atoms in total. The summed E-state index contributed by atoms with van der Waals surface area (Å²) >= 11 is 0. The fraction of sp³-hybridized carbons (Fsp3) is 0.412. The van der Waals surface area contributed by atoms with E-state index in [9.17, 15) is 4.79 Å². The van der Waals surface area contributed by atoms with Crippen molar-refractivity contribution in [3.05, 3.63) is 36.7 Å². The maximum absolute atomic E-state index is 12.4. The van der Waals surface area contributed by atoms with Crippen LogP contribution in [0, 0.1) is 0 Å². The van der Waals surface area contributed by atoms with Gasteiger partial charge in [0.1, 0.15) is 0 Å². The molecule has 0 bridgehead atoms. The number of carbonyl (C=O) groups is 1. The molecule has 1 aliphatic rings. The summed E-state index contributed by atoms with van der Waals surface area (Å²) in [5, 5.41) is 9.68. The van der Waals surface area contributed by atoms with Crippen LogP contribution < -0.4 is 5.32 Å². The first-order chi connectivity index (χ1) is 11.3. The molecule has 1 saturated heterocycles. The molecule has 0 aliphatic carbocycles. The number of nitrogens with zero attached hydrogens (tertiary/aromatic N) is 2. The van der Waals surface area contributed by atoms with Crippen LogP contribution in [0.4, 0.5) is 10.5 Å². The van der Waals surface area contributed by atoms with Crippen LogP contribution in [0.5, 0.6) is 0 Å². The Balaban J connectivity index is 1.59. The molecule has 2 amide bonds. The minimum atomic E-state index is -0.0842. The summed E-state index contributed by atoms with van der Waals surface area (Å²) < 4.78 is 5.61. The van der Waals surface area contributed by atoms with Crippen LogP contribution in [0.2, 0.25) is 0 Å². The molecular weight excluding hydrogens is 292 g/mol. The monoisotopic (exact) mass is 314 g/mol. The van der Waals surface area contributed by atoms with Crippen LogP contribution >= 0.6 is 0 Å². The van der Waals surface area contributed by atoms with E-state index in [4.69, 9.17) is 4.74 Å². The van der Waals surface area contributed by atoms with Gasteiger partial charge in [-0.05, 0) is 37.5 Å². The molecule has 2 aromatic rings. The van der Waals surface area contributed by atoms with Crippen molar-refractivity contribution in [1.29, 1.82) is 0 Å². The number of hydrogen-bond acceptors (Lipinski definition) is 3. The van der Waals surface area contributed by atoms with Crippen molar-refractivity contribution in [2.75, 3.05) is 25.0 Å². The summed E-state index contributed by atoms with van der Waals surface area (Å²) in [7, 11) is 0. The lowest BCUT2D eigenvalue weighted by Crippen LogP contribution is -2.39. The largest absolute Gasteiger partial charge is 0.376 e. The van der Waals surface area contributed by atoms with E-state index in [2.05, 4.69) is 15.5 Å². The fourth-order valence-corrected chi connectivity index (χ4v) is 2.75. The number of ether oxygens (including phenoxy) is 1. The summed E-state index contributed by atoms with van der Waals surface area (Å²) in [5.41, 5.74) is 2.87. The Kier molecular flexibility index (Phi) is 4.92. The van der Waals surface area contributed by atoms with Gasteiger partial charge in [-0.2, -0.15) is 5.10 Å². The van der Waals surface area contributed by atoms with Crippen LogP contribution in [0.1, 0.15) is 19.8 Å². The minimum absolute atomic E-state index is 0.0842. The average Bonchev–Trinajstić information content (AvgIpc) is 3.27. The number of H-pyrrole nitrogens is 1. The first-order valence-corrected chi connectivity index (χ1v) is 8.03. The van der Waals surface area contributed by atoms with E-state index in [-0.39, 0.29) is 12.1 Å². The standard InChI is InChI=1S/C17H22N4O2/c1-2-21(12-16-4-3-9-23-16)17(22)20-15-7-5-13(6-8-15)14-10-18-19-11-14/h5-8,10-11,16H,2-4,9,12H2,1H3,(H,18,19)(H,20,22)/t16-/m1/s1. The number of nitrogens with one attached hydrogen (secondary N) is 2. The van der Waals surface area contributed by atoms with Gasteiger partial charge in [0.15, 0.2) is 0 Å². The Morgan fingerprint density at radius 1 is 1.39 bits per heavy atom. The fourth-order valence-electron chi connectivity index (χ4n) is 2.75. The van der Waals surface area contributed by atoms with E-state index in [1.807, 2.05) is 37.4 Å². The molecule has 0 radical (unpaired) electrons. The van der Waals surface area contributed by atoms with Crippen molar-refractivity contribution in [2.24, 2.45) is 0 Å². The molecule has 1 atom stereocenters. The number of aromatic amines is 1. The third-order valence-electron chi connectivity index (χ3n) is 4.08. The SMILES string of the molecule is CCN(C[C@H]1CCCO1)C(=O)Nc1ccc(-c2cn[nH]c2)cc1. The van der Waals surface area contributed by atoms with Crippen molar-refractivity contribution >= 4 is 11.7 Å². The summed E-state index contributed by atoms with van der Waals surface area (Å²) in [5.74, 6) is 0. The van der Waals surface area contributed by atoms with E-state index in [0.29, 0.717) is 13.1 Å². The second-order valence-corrected chi connectivity index (χ2v) is 5.67. The van der Waals surface area contributed by atoms with Gasteiger partial charge in [-0.25, -0.2) is 4.79 Å². The Morgan fingerprint density at radius 2 is 2.22 bits per heavy atom. The molecule has 0 unspecified atom stereocenters. The van der Waals surface area contributed by atoms with Crippen molar-refractivity contribution in [3.8, 4) is 11.1 Å². The summed E-state index contributed by atoms with van der Waals surface area (Å²) in [6.45, 7) is 4.10. The third-order valence-corrected chi connectivity index (χ3v) is 4.08. The maximum atomic E-state index is 12.4. The lowest BCUT2D eigenvalue weighted by Gasteiger charge is -2.24. The minimum Gasteiger partial charge on any atom is -0.376 e. The molecule has 6 heteroatoms. The van der Waals surface area contributed by atoms with Crippen molar-refractivity contribution < 1.29 is 9.53 Å². The second-order valence-electron chi connectivity index (χ2n) is 5.67. The van der Waals surface area contributed by atoms with Crippen molar-refractivity contribution in [1.82, 2.24) is 15.1 Å². The van der Waals surface area contributed by atoms with Gasteiger partial charge in [-0.1, -0.05) is 12.1 Å². The number of aromatic nitrogens is 2. The number of rotatable bonds is 5. The zero-order valence-electron chi connectivity index (χ0n) is 13.3. The van der Waals surface area contributed by atoms with Gasteiger partial charge in [0.25, 0.3) is 0 Å². The van der Waals surface area contributed by atoms with Gasteiger partial charge in [0.05, 0.1) is 12.3 Å². The van der Waals surface area contributed by atoms with Gasteiger partial charge < -0.3 is 15.0 Å². The van der Waals surface area contributed by atoms with Crippen molar-refractivity contribution in [3.63, 3.8) is 0 Å². The van der Waals surface area contributed by atoms with Crippen LogP contribution in [-0.2, 0) is 4.74 Å². The molecule has 1 aromatic heterocycles. The van der Waals surface area contributed by atoms with Gasteiger partial charge in [0.2, 0.25) is 0 Å². The molecule has 1 aromatic carbocycles. The van der Waals surface area contributed by atoms with Crippen LogP contribution in [0.3, 0.4) is 0 Å². The van der Waals surface area contributed by atoms with Crippen LogP contribution in [-0.4, -0.2) is 46.9 Å². The maximum Gasteiger partial charge on any atom is 0.321 e. The number of benzene rings is 1. The van der Waals surface area contributed by atoms with Crippen LogP contribution in [0.25, 0.3) is 11.1 Å². The third kappa shape index (κ3) is 3.90. The molecular formula is C17H22N4O2. The number of carbonyl (C=O) groups excluding carboxylic acids is 1. The lowest BCUT2D eigenvalue weighted by atomic mass is 10.1. The van der Waals surface area contributed by atoms with E-state index in [1.165, 1.54) is 0 Å². The normalized spacial score (nSPS) is 17.2. The van der Waals surface area contributed by atoms with Gasteiger partial charge in [0, 0.05) is 37.1 Å². The first kappa shape index (κ1) is 15.6. The Bertz CT molecular complexity index is 619. The van der Waals surface area contributed by atoms with Crippen molar-refractivity contribution in [2.45, 2.75) is 25.9 Å². The smallest absolute Gasteiger partial charge is 0.321 e. The second kappa shape index (κ2) is 7.28. The predicted molar refractivity (Wildman–Crippen MR) is 89.3 cm³/mol. The summed E-state index contributed by atoms with van der Waals surface area (Å²) in [6.07, 6.45) is 5.90. The number of likely N-dealkylation sites (N-methyl/N-ethyl adjacent to an activating group) is 1. The Morgan fingerprint density at radius 3 is 2.83 bits per heavy atom. The van der Waals surface area contributed by atoms with Crippen LogP contribution in [0.15, 0.2) is 36.7 Å². The van der Waals surface area contributed by atoms with E-state index < -0.39 is 0 Å². The predicted octanol–water partition coefficient (Wildman–Crippen LogP) is 3.11. The number of hydrogen-bond donors (Lipinski definition) is 2. The lowest BCUT2D eigenvalue weighted by molar-refractivity contribution is 0.0849.